The summed E-state index contributed by atoms with van der Waals surface area (Å²) in [5.74, 6) is 0.683. The quantitative estimate of drug-likeness (QED) is 0.749. The minimum absolute atomic E-state index is 0.00723. The van der Waals surface area contributed by atoms with Crippen LogP contribution in [-0.4, -0.2) is 36.4 Å². The highest BCUT2D eigenvalue weighted by Crippen LogP contribution is 2.27. The van der Waals surface area contributed by atoms with Crippen molar-refractivity contribution in [3.63, 3.8) is 0 Å². The highest BCUT2D eigenvalue weighted by atomic mass is 35.5. The van der Waals surface area contributed by atoms with Crippen molar-refractivity contribution < 1.29 is 14.3 Å². The predicted molar refractivity (Wildman–Crippen MR) is 111 cm³/mol. The number of amides is 2. The second-order valence-corrected chi connectivity index (χ2v) is 7.81. The molecule has 148 valence electrons. The zero-order chi connectivity index (χ0) is 20.1. The van der Waals surface area contributed by atoms with Gasteiger partial charge in [0, 0.05) is 29.4 Å². The Morgan fingerprint density at radius 2 is 1.89 bits per heavy atom. The third-order valence-electron chi connectivity index (χ3n) is 4.72. The SMILES string of the molecule is CC1CCN(C(=O)c2cccc(NC(=O)COc3ccc(Cl)cc3Cl)c2)CC1. The molecule has 1 N–H and O–H groups in total. The van der Waals surface area contributed by atoms with Crippen LogP contribution in [0.4, 0.5) is 5.69 Å². The first-order valence-corrected chi connectivity index (χ1v) is 9.95. The van der Waals surface area contributed by atoms with Crippen molar-refractivity contribution in [1.29, 1.82) is 0 Å². The maximum atomic E-state index is 12.7. The summed E-state index contributed by atoms with van der Waals surface area (Å²) in [6, 6.07) is 11.7. The fourth-order valence-corrected chi connectivity index (χ4v) is 3.52. The lowest BCUT2D eigenvalue weighted by molar-refractivity contribution is -0.118. The number of carbonyl (C=O) groups is 2. The average Bonchev–Trinajstić information content (AvgIpc) is 2.67. The van der Waals surface area contributed by atoms with Crippen molar-refractivity contribution >= 4 is 40.7 Å². The number of hydrogen-bond donors (Lipinski definition) is 1. The predicted octanol–water partition coefficient (Wildman–Crippen LogP) is 4.88. The van der Waals surface area contributed by atoms with Crippen molar-refractivity contribution in [2.45, 2.75) is 19.8 Å². The lowest BCUT2D eigenvalue weighted by atomic mass is 9.98. The van der Waals surface area contributed by atoms with Gasteiger partial charge in [0.2, 0.25) is 0 Å². The second-order valence-electron chi connectivity index (χ2n) is 6.97. The van der Waals surface area contributed by atoms with Crippen molar-refractivity contribution in [2.75, 3.05) is 25.0 Å². The lowest BCUT2D eigenvalue weighted by Gasteiger charge is -2.30. The van der Waals surface area contributed by atoms with Gasteiger partial charge in [-0.1, -0.05) is 36.2 Å². The van der Waals surface area contributed by atoms with Gasteiger partial charge in [0.15, 0.2) is 6.61 Å². The van der Waals surface area contributed by atoms with E-state index in [1.165, 1.54) is 0 Å². The first-order chi connectivity index (χ1) is 13.4. The summed E-state index contributed by atoms with van der Waals surface area (Å²) >= 11 is 11.9. The summed E-state index contributed by atoms with van der Waals surface area (Å²) in [7, 11) is 0. The van der Waals surface area contributed by atoms with Gasteiger partial charge in [-0.2, -0.15) is 0 Å². The number of carbonyl (C=O) groups excluding carboxylic acids is 2. The zero-order valence-corrected chi connectivity index (χ0v) is 17.1. The van der Waals surface area contributed by atoms with Gasteiger partial charge in [-0.3, -0.25) is 9.59 Å². The molecule has 3 rings (SSSR count). The fourth-order valence-electron chi connectivity index (χ4n) is 3.06. The van der Waals surface area contributed by atoms with Crippen molar-refractivity contribution in [3.8, 4) is 5.75 Å². The van der Waals surface area contributed by atoms with Gasteiger partial charge in [0.05, 0.1) is 5.02 Å². The minimum atomic E-state index is -0.345. The van der Waals surface area contributed by atoms with Crippen molar-refractivity contribution in [2.24, 2.45) is 5.92 Å². The van der Waals surface area contributed by atoms with Crippen LogP contribution in [0.3, 0.4) is 0 Å². The third kappa shape index (κ3) is 5.40. The Morgan fingerprint density at radius 3 is 2.61 bits per heavy atom. The standard InChI is InChI=1S/C21H22Cl2N2O3/c1-14-7-9-25(10-8-14)21(27)15-3-2-4-17(11-15)24-20(26)13-28-19-6-5-16(22)12-18(19)23/h2-6,11-12,14H,7-10,13H2,1H3,(H,24,26). The maximum absolute atomic E-state index is 12.7. The average molecular weight is 421 g/mol. The molecule has 2 aromatic carbocycles. The Balaban J connectivity index is 1.57. The smallest absolute Gasteiger partial charge is 0.262 e. The van der Waals surface area contributed by atoms with Gasteiger partial charge in [-0.05, 0) is 55.2 Å². The molecular formula is C21H22Cl2N2O3. The highest BCUT2D eigenvalue weighted by molar-refractivity contribution is 6.35. The number of nitrogens with one attached hydrogen (secondary N) is 1. The van der Waals surface area contributed by atoms with E-state index in [0.29, 0.717) is 33.0 Å². The maximum Gasteiger partial charge on any atom is 0.262 e. The summed E-state index contributed by atoms with van der Waals surface area (Å²) in [5.41, 5.74) is 1.11. The Labute approximate surface area is 174 Å². The van der Waals surface area contributed by atoms with E-state index in [4.69, 9.17) is 27.9 Å². The van der Waals surface area contributed by atoms with Crippen LogP contribution in [-0.2, 0) is 4.79 Å². The Hall–Kier alpha value is -2.24. The molecule has 7 heteroatoms. The molecule has 1 aliphatic rings. The molecular weight excluding hydrogens is 399 g/mol. The third-order valence-corrected chi connectivity index (χ3v) is 5.25. The van der Waals surface area contributed by atoms with Gasteiger partial charge in [-0.25, -0.2) is 0 Å². The highest BCUT2D eigenvalue weighted by Gasteiger charge is 2.21. The molecule has 0 atom stereocenters. The van der Waals surface area contributed by atoms with Gasteiger partial charge >= 0.3 is 0 Å². The summed E-state index contributed by atoms with van der Waals surface area (Å²) in [4.78, 5) is 26.7. The minimum Gasteiger partial charge on any atom is -0.482 e. The van der Waals surface area contributed by atoms with Gasteiger partial charge in [-0.15, -0.1) is 0 Å². The molecule has 1 fully saturated rings. The molecule has 0 radical (unpaired) electrons. The fraction of sp³-hybridized carbons (Fsp3) is 0.333. The van der Waals surface area contributed by atoms with E-state index in [1.807, 2.05) is 4.90 Å². The first-order valence-electron chi connectivity index (χ1n) is 9.19. The van der Waals surface area contributed by atoms with E-state index in [1.54, 1.807) is 42.5 Å². The number of rotatable bonds is 5. The molecule has 1 heterocycles. The normalized spacial score (nSPS) is 14.6. The Kier molecular flexibility index (Phi) is 6.81. The van der Waals surface area contributed by atoms with Crippen molar-refractivity contribution in [1.82, 2.24) is 4.90 Å². The van der Waals surface area contributed by atoms with E-state index < -0.39 is 0 Å². The van der Waals surface area contributed by atoms with Crippen LogP contribution in [0.1, 0.15) is 30.1 Å². The molecule has 0 aromatic heterocycles. The largest absolute Gasteiger partial charge is 0.482 e. The molecule has 2 aromatic rings. The van der Waals surface area contributed by atoms with E-state index >= 15 is 0 Å². The number of benzene rings is 2. The lowest BCUT2D eigenvalue weighted by Crippen LogP contribution is -2.37. The summed E-state index contributed by atoms with van der Waals surface area (Å²) in [5, 5.41) is 3.57. The van der Waals surface area contributed by atoms with Crippen LogP contribution in [0.15, 0.2) is 42.5 Å². The zero-order valence-electron chi connectivity index (χ0n) is 15.6. The Bertz CT molecular complexity index is 864. The number of piperidine rings is 1. The van der Waals surface area contributed by atoms with Crippen LogP contribution in [0.5, 0.6) is 5.75 Å². The molecule has 0 saturated carbocycles. The number of likely N-dealkylation sites (tertiary alicyclic amines) is 1. The van der Waals surface area contributed by atoms with E-state index in [9.17, 15) is 9.59 Å². The number of ether oxygens (including phenoxy) is 1. The van der Waals surface area contributed by atoms with Crippen LogP contribution < -0.4 is 10.1 Å². The van der Waals surface area contributed by atoms with Crippen molar-refractivity contribution in [3.05, 3.63) is 58.1 Å². The molecule has 0 aliphatic carbocycles. The van der Waals surface area contributed by atoms with E-state index in [-0.39, 0.29) is 18.4 Å². The molecule has 1 saturated heterocycles. The van der Waals surface area contributed by atoms with Crippen LogP contribution in [0.2, 0.25) is 10.0 Å². The van der Waals surface area contributed by atoms with Gasteiger partial charge in [0.25, 0.3) is 11.8 Å². The van der Waals surface area contributed by atoms with Crippen LogP contribution >= 0.6 is 23.2 Å². The second kappa shape index (κ2) is 9.30. The molecule has 1 aliphatic heterocycles. The summed E-state index contributed by atoms with van der Waals surface area (Å²) in [6.45, 7) is 3.54. The number of hydrogen-bond acceptors (Lipinski definition) is 3. The molecule has 28 heavy (non-hydrogen) atoms. The molecule has 0 bridgehead atoms. The van der Waals surface area contributed by atoms with Crippen LogP contribution in [0, 0.1) is 5.92 Å². The number of nitrogens with zero attached hydrogens (tertiary/aromatic N) is 1. The summed E-state index contributed by atoms with van der Waals surface area (Å²) in [6.07, 6.45) is 2.04. The van der Waals surface area contributed by atoms with E-state index in [0.717, 1.165) is 25.9 Å². The number of anilines is 1. The Morgan fingerprint density at radius 1 is 1.14 bits per heavy atom. The summed E-state index contributed by atoms with van der Waals surface area (Å²) < 4.78 is 5.43. The van der Waals surface area contributed by atoms with Gasteiger partial charge < -0.3 is 15.0 Å². The number of halogens is 2. The van der Waals surface area contributed by atoms with E-state index in [2.05, 4.69) is 12.2 Å². The monoisotopic (exact) mass is 420 g/mol. The topological polar surface area (TPSA) is 58.6 Å². The van der Waals surface area contributed by atoms with Gasteiger partial charge in [0.1, 0.15) is 5.75 Å². The first kappa shape index (κ1) is 20.5. The molecule has 2 amide bonds. The molecule has 0 unspecified atom stereocenters. The molecule has 0 spiro atoms. The molecule has 5 nitrogen and oxygen atoms in total. The van der Waals surface area contributed by atoms with Crippen LogP contribution in [0.25, 0.3) is 0 Å².